The fourth-order valence-electron chi connectivity index (χ4n) is 2.45. The van der Waals surface area contributed by atoms with Gasteiger partial charge in [0.1, 0.15) is 0 Å². The van der Waals surface area contributed by atoms with Gasteiger partial charge in [0, 0.05) is 19.6 Å². The van der Waals surface area contributed by atoms with Gasteiger partial charge in [-0.1, -0.05) is 33.6 Å². The number of rotatable bonds is 9. The first-order chi connectivity index (χ1) is 9.15. The maximum Gasteiger partial charge on any atom is 0.0692 e. The van der Waals surface area contributed by atoms with Gasteiger partial charge in [-0.15, -0.1) is 0 Å². The largest absolute Gasteiger partial charge is 0.392 e. The number of aryl methyl sites for hydroxylation is 2. The maximum absolute atomic E-state index is 10.1. The van der Waals surface area contributed by atoms with E-state index < -0.39 is 0 Å². The van der Waals surface area contributed by atoms with E-state index >= 15 is 0 Å². The molecule has 0 aliphatic rings. The zero-order valence-electron chi connectivity index (χ0n) is 12.8. The average molecular weight is 267 g/mol. The molecule has 4 heteroatoms. The Morgan fingerprint density at radius 3 is 2.47 bits per heavy atom. The van der Waals surface area contributed by atoms with E-state index in [9.17, 15) is 5.11 Å². The number of hydrogen-bond acceptors (Lipinski definition) is 3. The van der Waals surface area contributed by atoms with Crippen molar-refractivity contribution >= 4 is 0 Å². The number of nitrogens with one attached hydrogen (secondary N) is 1. The van der Waals surface area contributed by atoms with E-state index in [0.29, 0.717) is 12.5 Å². The Bertz CT molecular complexity index is 358. The van der Waals surface area contributed by atoms with E-state index in [4.69, 9.17) is 0 Å². The molecule has 0 fully saturated rings. The number of aliphatic hydroxyl groups is 1. The number of aliphatic hydroxyl groups excluding tert-OH is 1. The predicted molar refractivity (Wildman–Crippen MR) is 79.1 cm³/mol. The molecule has 0 saturated carbocycles. The van der Waals surface area contributed by atoms with Gasteiger partial charge in [0.05, 0.1) is 17.5 Å². The van der Waals surface area contributed by atoms with Crippen molar-refractivity contribution in [3.05, 3.63) is 17.5 Å². The fraction of sp³-hybridized carbons (Fsp3) is 0.800. The molecule has 0 amide bonds. The lowest BCUT2D eigenvalue weighted by Crippen LogP contribution is -2.32. The monoisotopic (exact) mass is 267 g/mol. The van der Waals surface area contributed by atoms with Gasteiger partial charge in [-0.2, -0.15) is 5.10 Å². The molecule has 2 N–H and O–H groups in total. The summed E-state index contributed by atoms with van der Waals surface area (Å²) in [7, 11) is 0. The summed E-state index contributed by atoms with van der Waals surface area (Å²) in [5.41, 5.74) is 2.34. The van der Waals surface area contributed by atoms with Crippen molar-refractivity contribution in [1.82, 2.24) is 15.1 Å². The Labute approximate surface area is 117 Å². The third kappa shape index (κ3) is 4.62. The summed E-state index contributed by atoms with van der Waals surface area (Å²) in [5, 5.41) is 18.0. The minimum Gasteiger partial charge on any atom is -0.392 e. The molecule has 0 bridgehead atoms. The smallest absolute Gasteiger partial charge is 0.0692 e. The molecule has 19 heavy (non-hydrogen) atoms. The van der Waals surface area contributed by atoms with Gasteiger partial charge in [0.2, 0.25) is 0 Å². The molecule has 0 aliphatic heterocycles. The number of hydrogen-bond donors (Lipinski definition) is 2. The molecule has 0 radical (unpaired) electrons. The summed E-state index contributed by atoms with van der Waals surface area (Å²) < 4.78 is 2.04. The van der Waals surface area contributed by atoms with Gasteiger partial charge < -0.3 is 10.4 Å². The molecule has 110 valence electrons. The molecule has 1 aromatic rings. The first-order valence-corrected chi connectivity index (χ1v) is 7.60. The summed E-state index contributed by atoms with van der Waals surface area (Å²) in [4.78, 5) is 0. The van der Waals surface area contributed by atoms with Gasteiger partial charge in [-0.3, -0.25) is 4.68 Å². The van der Waals surface area contributed by atoms with Crippen molar-refractivity contribution in [3.8, 4) is 0 Å². The van der Waals surface area contributed by atoms with Crippen molar-refractivity contribution in [2.24, 2.45) is 5.92 Å². The highest BCUT2D eigenvalue weighted by Crippen LogP contribution is 2.12. The molecule has 1 heterocycles. The van der Waals surface area contributed by atoms with Crippen LogP contribution in [0.25, 0.3) is 0 Å². The van der Waals surface area contributed by atoms with Crippen molar-refractivity contribution in [1.29, 1.82) is 0 Å². The van der Waals surface area contributed by atoms with Crippen LogP contribution in [0.4, 0.5) is 0 Å². The Balaban J connectivity index is 2.46. The van der Waals surface area contributed by atoms with Crippen LogP contribution in [0.1, 0.15) is 51.9 Å². The quantitative estimate of drug-likeness (QED) is 0.722. The zero-order valence-corrected chi connectivity index (χ0v) is 12.8. The lowest BCUT2D eigenvalue weighted by Gasteiger charge is -2.20. The molecular weight excluding hydrogens is 238 g/mol. The second-order valence-corrected chi connectivity index (χ2v) is 5.07. The summed E-state index contributed by atoms with van der Waals surface area (Å²) >= 11 is 0. The van der Waals surface area contributed by atoms with Crippen LogP contribution in [-0.4, -0.2) is 27.5 Å². The molecular formula is C15H29N3O. The third-order valence-electron chi connectivity index (χ3n) is 3.83. The van der Waals surface area contributed by atoms with Crippen LogP contribution in [0.15, 0.2) is 6.07 Å². The molecule has 0 aliphatic carbocycles. The van der Waals surface area contributed by atoms with Crippen LogP contribution in [0.2, 0.25) is 0 Å². The van der Waals surface area contributed by atoms with E-state index in [1.807, 2.05) is 4.68 Å². The van der Waals surface area contributed by atoms with Gasteiger partial charge in [-0.25, -0.2) is 0 Å². The van der Waals surface area contributed by atoms with E-state index in [0.717, 1.165) is 38.0 Å². The fourth-order valence-corrected chi connectivity index (χ4v) is 2.45. The van der Waals surface area contributed by atoms with Crippen molar-refractivity contribution < 1.29 is 5.11 Å². The second kappa shape index (κ2) is 8.33. The topological polar surface area (TPSA) is 50.1 Å². The first-order valence-electron chi connectivity index (χ1n) is 7.60. The highest BCUT2D eigenvalue weighted by atomic mass is 16.3. The molecule has 1 aromatic heterocycles. The van der Waals surface area contributed by atoms with Crippen LogP contribution < -0.4 is 5.32 Å². The zero-order chi connectivity index (χ0) is 14.3. The van der Waals surface area contributed by atoms with Crippen molar-refractivity contribution in [3.63, 3.8) is 0 Å². The van der Waals surface area contributed by atoms with Crippen LogP contribution in [-0.2, 0) is 19.5 Å². The SMILES string of the molecule is CCc1cc(CNCC(O)C(CC)CC)n(CC)n1. The lowest BCUT2D eigenvalue weighted by atomic mass is 9.96. The molecule has 1 rings (SSSR count). The minimum absolute atomic E-state index is 0.251. The summed E-state index contributed by atoms with van der Waals surface area (Å²) in [6.07, 6.45) is 2.79. The Morgan fingerprint density at radius 2 is 1.95 bits per heavy atom. The minimum atomic E-state index is -0.251. The van der Waals surface area contributed by atoms with E-state index in [1.54, 1.807) is 0 Å². The van der Waals surface area contributed by atoms with Crippen LogP contribution >= 0.6 is 0 Å². The van der Waals surface area contributed by atoms with Crippen molar-refractivity contribution in [2.45, 2.75) is 66.2 Å². The van der Waals surface area contributed by atoms with Gasteiger partial charge >= 0.3 is 0 Å². The van der Waals surface area contributed by atoms with E-state index in [1.165, 1.54) is 5.69 Å². The molecule has 0 saturated heterocycles. The standard InChI is InChI=1S/C15H29N3O/c1-5-12(6-2)15(19)11-16-10-14-9-13(7-3)17-18(14)8-4/h9,12,15-16,19H,5-8,10-11H2,1-4H3. The third-order valence-corrected chi connectivity index (χ3v) is 3.83. The summed E-state index contributed by atoms with van der Waals surface area (Å²) in [6, 6.07) is 2.15. The molecule has 4 nitrogen and oxygen atoms in total. The van der Waals surface area contributed by atoms with Crippen LogP contribution in [0.3, 0.4) is 0 Å². The van der Waals surface area contributed by atoms with Crippen LogP contribution in [0.5, 0.6) is 0 Å². The predicted octanol–water partition coefficient (Wildman–Crippen LogP) is 2.35. The average Bonchev–Trinajstić information content (AvgIpc) is 2.82. The van der Waals surface area contributed by atoms with Gasteiger partial charge in [0.15, 0.2) is 0 Å². The Morgan fingerprint density at radius 1 is 1.26 bits per heavy atom. The first kappa shape index (κ1) is 16.2. The summed E-state index contributed by atoms with van der Waals surface area (Å²) in [5.74, 6) is 0.398. The number of aromatic nitrogens is 2. The van der Waals surface area contributed by atoms with Gasteiger partial charge in [0.25, 0.3) is 0 Å². The highest BCUT2D eigenvalue weighted by molar-refractivity contribution is 5.10. The molecule has 1 unspecified atom stereocenters. The Hall–Kier alpha value is -0.870. The maximum atomic E-state index is 10.1. The summed E-state index contributed by atoms with van der Waals surface area (Å²) in [6.45, 7) is 10.8. The van der Waals surface area contributed by atoms with Crippen LogP contribution in [0, 0.1) is 5.92 Å². The lowest BCUT2D eigenvalue weighted by molar-refractivity contribution is 0.101. The van der Waals surface area contributed by atoms with E-state index in [-0.39, 0.29) is 6.10 Å². The Kier molecular flexibility index (Phi) is 7.10. The molecule has 0 spiro atoms. The second-order valence-electron chi connectivity index (χ2n) is 5.07. The van der Waals surface area contributed by atoms with Gasteiger partial charge in [-0.05, 0) is 25.3 Å². The highest BCUT2D eigenvalue weighted by Gasteiger charge is 2.15. The van der Waals surface area contributed by atoms with E-state index in [2.05, 4.69) is 44.2 Å². The van der Waals surface area contributed by atoms with Crippen molar-refractivity contribution in [2.75, 3.05) is 6.54 Å². The molecule has 1 atom stereocenters. The number of nitrogens with zero attached hydrogens (tertiary/aromatic N) is 2. The normalized spacial score (nSPS) is 13.2. The molecule has 0 aromatic carbocycles.